The Morgan fingerprint density at radius 2 is 1.96 bits per heavy atom. The van der Waals surface area contributed by atoms with Gasteiger partial charge in [0.1, 0.15) is 0 Å². The summed E-state index contributed by atoms with van der Waals surface area (Å²) in [5.41, 5.74) is 6.77. The monoisotopic (exact) mass is 355 g/mol. The van der Waals surface area contributed by atoms with E-state index < -0.39 is 4.92 Å². The lowest BCUT2D eigenvalue weighted by molar-refractivity contribution is -0.384. The van der Waals surface area contributed by atoms with Crippen LogP contribution in [-0.4, -0.2) is 28.3 Å². The Hall–Kier alpha value is -1.66. The number of rotatable bonds is 6. The van der Waals surface area contributed by atoms with Crippen LogP contribution in [0.2, 0.25) is 0 Å². The highest BCUT2D eigenvalue weighted by Crippen LogP contribution is 2.33. The molecule has 0 aliphatic heterocycles. The summed E-state index contributed by atoms with van der Waals surface area (Å²) in [4.78, 5) is 25.1. The fourth-order valence-electron chi connectivity index (χ4n) is 3.29. The van der Waals surface area contributed by atoms with Gasteiger partial charge in [-0.05, 0) is 44.7 Å². The molecular weight excluding hydrogens is 330 g/mol. The molecule has 1 aromatic rings. The molecule has 0 heterocycles. The van der Waals surface area contributed by atoms with E-state index in [9.17, 15) is 14.9 Å². The van der Waals surface area contributed by atoms with Crippen LogP contribution < -0.4 is 5.73 Å². The molecular formula is C17H26ClN3O3. The van der Waals surface area contributed by atoms with Gasteiger partial charge in [-0.1, -0.05) is 18.6 Å². The van der Waals surface area contributed by atoms with Gasteiger partial charge in [0.25, 0.3) is 5.69 Å². The maximum atomic E-state index is 12.9. The summed E-state index contributed by atoms with van der Waals surface area (Å²) in [5.74, 6) is 0.451. The van der Waals surface area contributed by atoms with Gasteiger partial charge in [-0.25, -0.2) is 0 Å². The van der Waals surface area contributed by atoms with E-state index >= 15 is 0 Å². The number of non-ortho nitro benzene ring substituents is 1. The summed E-state index contributed by atoms with van der Waals surface area (Å²) in [6, 6.07) is 6.48. The number of hydrogen-bond donors (Lipinski definition) is 1. The van der Waals surface area contributed by atoms with Gasteiger partial charge in [-0.15, -0.1) is 12.4 Å². The van der Waals surface area contributed by atoms with Crippen molar-refractivity contribution in [1.82, 2.24) is 4.90 Å². The van der Waals surface area contributed by atoms with Crippen LogP contribution in [-0.2, 0) is 11.3 Å². The van der Waals surface area contributed by atoms with E-state index in [1.54, 1.807) is 12.1 Å². The fourth-order valence-corrected chi connectivity index (χ4v) is 3.29. The molecule has 0 unspecified atom stereocenters. The Bertz CT molecular complexity index is 563. The van der Waals surface area contributed by atoms with Crippen molar-refractivity contribution < 1.29 is 9.72 Å². The van der Waals surface area contributed by atoms with Crippen LogP contribution in [0.25, 0.3) is 0 Å². The topological polar surface area (TPSA) is 89.5 Å². The third kappa shape index (κ3) is 4.68. The average molecular weight is 356 g/mol. The summed E-state index contributed by atoms with van der Waals surface area (Å²) in [5, 5.41) is 10.7. The van der Waals surface area contributed by atoms with E-state index in [1.807, 2.05) is 18.7 Å². The predicted octanol–water partition coefficient (Wildman–Crippen LogP) is 3.13. The van der Waals surface area contributed by atoms with Crippen LogP contribution in [0.1, 0.15) is 38.7 Å². The summed E-state index contributed by atoms with van der Waals surface area (Å²) in [7, 11) is 0. The van der Waals surface area contributed by atoms with Gasteiger partial charge in [-0.3, -0.25) is 14.9 Å². The highest BCUT2D eigenvalue weighted by atomic mass is 35.5. The first-order valence-electron chi connectivity index (χ1n) is 8.18. The van der Waals surface area contributed by atoms with Crippen LogP contribution in [0.4, 0.5) is 5.69 Å². The number of amides is 1. The molecule has 0 bridgehead atoms. The maximum absolute atomic E-state index is 12.9. The smallest absolute Gasteiger partial charge is 0.269 e. The molecule has 2 rings (SSSR count). The molecule has 0 saturated heterocycles. The van der Waals surface area contributed by atoms with Crippen molar-refractivity contribution in [3.63, 3.8) is 0 Å². The first-order chi connectivity index (χ1) is 10.9. The quantitative estimate of drug-likeness (QED) is 0.627. The highest BCUT2D eigenvalue weighted by molar-refractivity contribution is 5.85. The first kappa shape index (κ1) is 20.4. The van der Waals surface area contributed by atoms with E-state index in [2.05, 4.69) is 0 Å². The van der Waals surface area contributed by atoms with Crippen molar-refractivity contribution in [3.8, 4) is 0 Å². The van der Waals surface area contributed by atoms with Crippen molar-refractivity contribution in [2.75, 3.05) is 6.54 Å². The molecule has 6 nitrogen and oxygen atoms in total. The predicted molar refractivity (Wildman–Crippen MR) is 95.9 cm³/mol. The van der Waals surface area contributed by atoms with Gasteiger partial charge in [0.2, 0.25) is 5.91 Å². The Morgan fingerprint density at radius 3 is 2.46 bits per heavy atom. The summed E-state index contributed by atoms with van der Waals surface area (Å²) in [6.07, 6.45) is 2.99. The lowest BCUT2D eigenvalue weighted by atomic mass is 9.94. The van der Waals surface area contributed by atoms with E-state index in [-0.39, 0.29) is 41.9 Å². The molecule has 1 aliphatic rings. The van der Waals surface area contributed by atoms with Crippen LogP contribution in [0.15, 0.2) is 24.3 Å². The van der Waals surface area contributed by atoms with E-state index in [4.69, 9.17) is 5.73 Å². The molecule has 1 saturated carbocycles. The van der Waals surface area contributed by atoms with Crippen molar-refractivity contribution in [1.29, 1.82) is 0 Å². The van der Waals surface area contributed by atoms with Crippen LogP contribution >= 0.6 is 12.4 Å². The van der Waals surface area contributed by atoms with Crippen LogP contribution in [0.5, 0.6) is 0 Å². The lowest BCUT2D eigenvalue weighted by Crippen LogP contribution is -2.42. The second-order valence-electron chi connectivity index (χ2n) is 6.52. The molecule has 0 spiro atoms. The van der Waals surface area contributed by atoms with E-state index in [0.717, 1.165) is 24.8 Å². The summed E-state index contributed by atoms with van der Waals surface area (Å²) in [6.45, 7) is 5.02. The van der Waals surface area contributed by atoms with Crippen molar-refractivity contribution in [3.05, 3.63) is 39.9 Å². The normalized spacial score (nSPS) is 19.8. The van der Waals surface area contributed by atoms with Crippen molar-refractivity contribution in [2.45, 2.75) is 45.7 Å². The molecule has 0 aromatic heterocycles. The number of nitrogens with zero attached hydrogens (tertiary/aromatic N) is 2. The molecule has 24 heavy (non-hydrogen) atoms. The van der Waals surface area contributed by atoms with Gasteiger partial charge in [0.15, 0.2) is 0 Å². The zero-order chi connectivity index (χ0) is 17.0. The van der Waals surface area contributed by atoms with Crippen molar-refractivity contribution in [2.24, 2.45) is 17.6 Å². The third-order valence-electron chi connectivity index (χ3n) is 4.69. The second-order valence-corrected chi connectivity index (χ2v) is 6.52. The summed E-state index contributed by atoms with van der Waals surface area (Å²) < 4.78 is 0. The number of nitrogens with two attached hydrogens (primary N) is 1. The number of nitro groups is 1. The SMILES string of the molecule is CC(C)N(Cc1ccc([N+](=O)[O-])cc1)C(=O)[C@@H]1CCC[C@@H]1CN.Cl. The highest BCUT2D eigenvalue weighted by Gasteiger charge is 2.35. The maximum Gasteiger partial charge on any atom is 0.269 e. The molecule has 0 radical (unpaired) electrons. The molecule has 1 amide bonds. The van der Waals surface area contributed by atoms with Crippen LogP contribution in [0.3, 0.4) is 0 Å². The van der Waals surface area contributed by atoms with E-state index in [0.29, 0.717) is 13.1 Å². The van der Waals surface area contributed by atoms with Gasteiger partial charge < -0.3 is 10.6 Å². The molecule has 1 aromatic carbocycles. The van der Waals surface area contributed by atoms with Gasteiger partial charge in [-0.2, -0.15) is 0 Å². The minimum Gasteiger partial charge on any atom is -0.336 e. The zero-order valence-electron chi connectivity index (χ0n) is 14.2. The molecule has 7 heteroatoms. The molecule has 1 aliphatic carbocycles. The number of halogens is 1. The zero-order valence-corrected chi connectivity index (χ0v) is 15.0. The number of hydrogen-bond acceptors (Lipinski definition) is 4. The van der Waals surface area contributed by atoms with Crippen LogP contribution in [0, 0.1) is 22.0 Å². The average Bonchev–Trinajstić information content (AvgIpc) is 3.00. The molecule has 1 fully saturated rings. The minimum absolute atomic E-state index is 0. The number of carbonyl (C=O) groups excluding carboxylic acids is 1. The fraction of sp³-hybridized carbons (Fsp3) is 0.588. The Labute approximate surface area is 149 Å². The number of benzene rings is 1. The van der Waals surface area contributed by atoms with Gasteiger partial charge in [0, 0.05) is 30.6 Å². The standard InChI is InChI=1S/C17H25N3O3.ClH/c1-12(2)19(17(21)16-5-3-4-14(16)10-18)11-13-6-8-15(9-7-13)20(22)23;/h6-9,12,14,16H,3-5,10-11,18H2,1-2H3;1H/t14-,16-;/m1./s1. The van der Waals surface area contributed by atoms with E-state index in [1.165, 1.54) is 12.1 Å². The van der Waals surface area contributed by atoms with Gasteiger partial charge in [0.05, 0.1) is 4.92 Å². The lowest BCUT2D eigenvalue weighted by Gasteiger charge is -2.31. The first-order valence-corrected chi connectivity index (χ1v) is 8.18. The number of carbonyl (C=O) groups is 1. The molecule has 2 N–H and O–H groups in total. The van der Waals surface area contributed by atoms with Crippen molar-refractivity contribution >= 4 is 24.0 Å². The third-order valence-corrected chi connectivity index (χ3v) is 4.69. The van der Waals surface area contributed by atoms with Gasteiger partial charge >= 0.3 is 0 Å². The molecule has 2 atom stereocenters. The Kier molecular flexibility index (Phi) is 7.63. The second kappa shape index (κ2) is 8.99. The largest absolute Gasteiger partial charge is 0.336 e. The number of nitro benzene ring substituents is 1. The minimum atomic E-state index is -0.417. The summed E-state index contributed by atoms with van der Waals surface area (Å²) >= 11 is 0. The Balaban J connectivity index is 0.00000288. The Morgan fingerprint density at radius 1 is 1.33 bits per heavy atom. The molecule has 134 valence electrons.